The number of esters is 1. The number of phenols is 1. The number of benzene rings is 1. The van der Waals surface area contributed by atoms with Crippen molar-refractivity contribution in [2.75, 3.05) is 20.7 Å². The van der Waals surface area contributed by atoms with Crippen LogP contribution in [0.1, 0.15) is 16.8 Å². The van der Waals surface area contributed by atoms with Gasteiger partial charge in [-0.15, -0.1) is 5.10 Å². The largest absolute Gasteiger partial charge is 0.507 e. The molecule has 0 spiro atoms. The Morgan fingerprint density at radius 1 is 1.40 bits per heavy atom. The SMILES string of the molecule is COC(=O)[C@@H]1C[C@@H](NC(=O)c2ccc(-n3cnnn3)cc2O)CN1C. The number of aromatic nitrogens is 4. The van der Waals surface area contributed by atoms with E-state index in [1.54, 1.807) is 13.1 Å². The Morgan fingerprint density at radius 2 is 2.20 bits per heavy atom. The summed E-state index contributed by atoms with van der Waals surface area (Å²) in [5.74, 6) is -0.918. The number of likely N-dealkylation sites (tertiary alicyclic amines) is 1. The molecule has 25 heavy (non-hydrogen) atoms. The molecule has 2 atom stereocenters. The number of methoxy groups -OCH3 is 1. The number of likely N-dealkylation sites (N-methyl/N-ethyl adjacent to an activating group) is 1. The number of rotatable bonds is 4. The maximum atomic E-state index is 12.4. The Kier molecular flexibility index (Phi) is 4.61. The van der Waals surface area contributed by atoms with Gasteiger partial charge < -0.3 is 15.2 Å². The normalized spacial score (nSPS) is 20.4. The minimum Gasteiger partial charge on any atom is -0.507 e. The highest BCUT2D eigenvalue weighted by molar-refractivity contribution is 5.97. The number of aromatic hydroxyl groups is 1. The van der Waals surface area contributed by atoms with Gasteiger partial charge in [0.1, 0.15) is 18.1 Å². The highest BCUT2D eigenvalue weighted by atomic mass is 16.5. The third-order valence-corrected chi connectivity index (χ3v) is 4.20. The number of carbonyl (C=O) groups excluding carboxylic acids is 2. The monoisotopic (exact) mass is 346 g/mol. The number of phenolic OH excluding ortho intramolecular Hbond substituents is 1. The van der Waals surface area contributed by atoms with Crippen molar-refractivity contribution in [1.29, 1.82) is 0 Å². The number of amides is 1. The number of hydrogen-bond donors (Lipinski definition) is 2. The van der Waals surface area contributed by atoms with Gasteiger partial charge in [0, 0.05) is 18.7 Å². The summed E-state index contributed by atoms with van der Waals surface area (Å²) in [5, 5.41) is 23.7. The molecule has 0 saturated carbocycles. The lowest BCUT2D eigenvalue weighted by molar-refractivity contribution is -0.145. The summed E-state index contributed by atoms with van der Waals surface area (Å²) < 4.78 is 6.13. The first-order valence-electron chi connectivity index (χ1n) is 7.65. The highest BCUT2D eigenvalue weighted by Gasteiger charge is 2.36. The zero-order valence-electron chi connectivity index (χ0n) is 13.8. The van der Waals surface area contributed by atoms with Crippen molar-refractivity contribution in [2.24, 2.45) is 0 Å². The molecule has 0 aliphatic carbocycles. The van der Waals surface area contributed by atoms with Crippen molar-refractivity contribution in [1.82, 2.24) is 30.4 Å². The number of nitrogens with zero attached hydrogens (tertiary/aromatic N) is 5. The van der Waals surface area contributed by atoms with Gasteiger partial charge in [-0.2, -0.15) is 0 Å². The van der Waals surface area contributed by atoms with Crippen LogP contribution < -0.4 is 5.32 Å². The smallest absolute Gasteiger partial charge is 0.323 e. The fourth-order valence-electron chi connectivity index (χ4n) is 2.91. The summed E-state index contributed by atoms with van der Waals surface area (Å²) in [4.78, 5) is 25.9. The first-order chi connectivity index (χ1) is 12.0. The number of tetrazole rings is 1. The average molecular weight is 346 g/mol. The molecule has 1 amide bonds. The standard InChI is InChI=1S/C15H18N6O4/c1-20-7-9(5-12(20)15(24)25-2)17-14(23)11-4-3-10(6-13(11)22)21-8-16-18-19-21/h3-4,6,8-9,12,22H,5,7H2,1-2H3,(H,17,23)/t9-,12+/m1/s1. The second-order valence-corrected chi connectivity index (χ2v) is 5.84. The molecule has 10 nitrogen and oxygen atoms in total. The molecule has 3 rings (SSSR count). The third-order valence-electron chi connectivity index (χ3n) is 4.20. The van der Waals surface area contributed by atoms with Crippen molar-refractivity contribution in [3.8, 4) is 11.4 Å². The molecule has 1 fully saturated rings. The van der Waals surface area contributed by atoms with Gasteiger partial charge in [0.2, 0.25) is 0 Å². The molecule has 2 aromatic rings. The number of ether oxygens (including phenoxy) is 1. The Morgan fingerprint density at radius 3 is 2.84 bits per heavy atom. The van der Waals surface area contributed by atoms with Gasteiger partial charge in [0.05, 0.1) is 18.4 Å². The fourth-order valence-corrected chi connectivity index (χ4v) is 2.91. The first kappa shape index (κ1) is 16.8. The molecule has 1 aromatic carbocycles. The number of hydrogen-bond acceptors (Lipinski definition) is 8. The van der Waals surface area contributed by atoms with Crippen LogP contribution in [0.15, 0.2) is 24.5 Å². The lowest BCUT2D eigenvalue weighted by atomic mass is 10.1. The van der Waals surface area contributed by atoms with Gasteiger partial charge in [0.25, 0.3) is 5.91 Å². The van der Waals surface area contributed by atoms with E-state index in [-0.39, 0.29) is 29.4 Å². The topological polar surface area (TPSA) is 122 Å². The minimum absolute atomic E-state index is 0.140. The van der Waals surface area contributed by atoms with Crippen LogP contribution in [0.5, 0.6) is 5.75 Å². The maximum Gasteiger partial charge on any atom is 0.323 e. The van der Waals surface area contributed by atoms with Crippen LogP contribution in [-0.2, 0) is 9.53 Å². The summed E-state index contributed by atoms with van der Waals surface area (Å²) in [6.45, 7) is 0.523. The molecule has 0 radical (unpaired) electrons. The minimum atomic E-state index is -0.412. The summed E-state index contributed by atoms with van der Waals surface area (Å²) in [5.41, 5.74) is 0.673. The molecule has 1 saturated heterocycles. The van der Waals surface area contributed by atoms with Gasteiger partial charge >= 0.3 is 5.97 Å². The second kappa shape index (κ2) is 6.85. The summed E-state index contributed by atoms with van der Waals surface area (Å²) in [6, 6.07) is 3.94. The van der Waals surface area contributed by atoms with Crippen molar-refractivity contribution in [3.05, 3.63) is 30.1 Å². The van der Waals surface area contributed by atoms with Crippen LogP contribution in [0.25, 0.3) is 5.69 Å². The van der Waals surface area contributed by atoms with Crippen LogP contribution in [0.3, 0.4) is 0 Å². The average Bonchev–Trinajstić information content (AvgIpc) is 3.23. The van der Waals surface area contributed by atoms with E-state index in [0.29, 0.717) is 18.7 Å². The van der Waals surface area contributed by atoms with Crippen molar-refractivity contribution in [2.45, 2.75) is 18.5 Å². The van der Waals surface area contributed by atoms with Gasteiger partial charge in [-0.1, -0.05) is 0 Å². The van der Waals surface area contributed by atoms with Crippen LogP contribution in [-0.4, -0.2) is 74.9 Å². The zero-order valence-corrected chi connectivity index (χ0v) is 13.8. The molecule has 10 heteroatoms. The Bertz CT molecular complexity index is 778. The predicted octanol–water partition coefficient (Wildman–Crippen LogP) is -0.657. The van der Waals surface area contributed by atoms with E-state index in [1.165, 1.54) is 30.3 Å². The first-order valence-corrected chi connectivity index (χ1v) is 7.65. The van der Waals surface area contributed by atoms with Crippen LogP contribution in [0.2, 0.25) is 0 Å². The van der Waals surface area contributed by atoms with Crippen LogP contribution >= 0.6 is 0 Å². The number of carbonyl (C=O) groups is 2. The third kappa shape index (κ3) is 3.43. The maximum absolute atomic E-state index is 12.4. The molecule has 1 aliphatic heterocycles. The van der Waals surface area contributed by atoms with Crippen LogP contribution in [0, 0.1) is 0 Å². The van der Waals surface area contributed by atoms with Crippen molar-refractivity contribution >= 4 is 11.9 Å². The molecule has 132 valence electrons. The van der Waals surface area contributed by atoms with E-state index in [4.69, 9.17) is 4.74 Å². The molecule has 1 aliphatic rings. The van der Waals surface area contributed by atoms with Gasteiger partial charge in [-0.25, -0.2) is 4.68 Å². The molecule has 2 heterocycles. The molecular weight excluding hydrogens is 328 g/mol. The summed E-state index contributed by atoms with van der Waals surface area (Å²) in [6.07, 6.45) is 1.84. The van der Waals surface area contributed by atoms with E-state index in [9.17, 15) is 14.7 Å². The second-order valence-electron chi connectivity index (χ2n) is 5.84. The van der Waals surface area contributed by atoms with E-state index >= 15 is 0 Å². The van der Waals surface area contributed by atoms with Crippen LogP contribution in [0.4, 0.5) is 0 Å². The van der Waals surface area contributed by atoms with E-state index in [1.807, 2.05) is 4.90 Å². The van der Waals surface area contributed by atoms with E-state index in [0.717, 1.165) is 0 Å². The Hall–Kier alpha value is -3.01. The molecular formula is C15H18N6O4. The lowest BCUT2D eigenvalue weighted by Crippen LogP contribution is -2.36. The Balaban J connectivity index is 1.69. The predicted molar refractivity (Wildman–Crippen MR) is 85.1 cm³/mol. The summed E-state index contributed by atoms with van der Waals surface area (Å²) in [7, 11) is 3.14. The molecule has 2 N–H and O–H groups in total. The van der Waals surface area contributed by atoms with E-state index < -0.39 is 5.91 Å². The van der Waals surface area contributed by atoms with Crippen molar-refractivity contribution in [3.63, 3.8) is 0 Å². The quantitative estimate of drug-likeness (QED) is 0.700. The molecule has 0 bridgehead atoms. The summed E-state index contributed by atoms with van der Waals surface area (Å²) >= 11 is 0. The number of nitrogens with one attached hydrogen (secondary N) is 1. The fraction of sp³-hybridized carbons (Fsp3) is 0.400. The molecule has 0 unspecified atom stereocenters. The zero-order chi connectivity index (χ0) is 18.0. The molecule has 1 aromatic heterocycles. The Labute approximate surface area is 143 Å². The van der Waals surface area contributed by atoms with Gasteiger partial charge in [-0.3, -0.25) is 14.5 Å². The van der Waals surface area contributed by atoms with Crippen molar-refractivity contribution < 1.29 is 19.4 Å². The highest BCUT2D eigenvalue weighted by Crippen LogP contribution is 2.22. The van der Waals surface area contributed by atoms with E-state index in [2.05, 4.69) is 20.8 Å². The van der Waals surface area contributed by atoms with Gasteiger partial charge in [-0.05, 0) is 36.0 Å². The van der Waals surface area contributed by atoms with Gasteiger partial charge in [0.15, 0.2) is 0 Å². The lowest BCUT2D eigenvalue weighted by Gasteiger charge is -2.15.